The van der Waals surface area contributed by atoms with Crippen molar-refractivity contribution >= 4 is 11.8 Å². The third-order valence-corrected chi connectivity index (χ3v) is 3.42. The zero-order valence-electron chi connectivity index (χ0n) is 10.7. The van der Waals surface area contributed by atoms with Crippen LogP contribution in [0.15, 0.2) is 12.7 Å². The number of carbonyl (C=O) groups is 2. The van der Waals surface area contributed by atoms with Crippen LogP contribution in [0.1, 0.15) is 12.8 Å². The van der Waals surface area contributed by atoms with Crippen LogP contribution in [0.2, 0.25) is 0 Å². The Labute approximate surface area is 108 Å². The van der Waals surface area contributed by atoms with Gasteiger partial charge in [0, 0.05) is 38.6 Å². The molecule has 18 heavy (non-hydrogen) atoms. The van der Waals surface area contributed by atoms with Crippen LogP contribution in [-0.2, 0) is 9.59 Å². The number of nitrogens with zero attached hydrogens (tertiary/aromatic N) is 2. The average Bonchev–Trinajstić information content (AvgIpc) is 3.21. The standard InChI is InChI=1S/C13H21N3O2/c1-2-5-14-12(17)10-15-6-8-16(9-7-15)13(18)11-3-4-11/h2,11H,1,3-10H2,(H,14,17). The third-order valence-electron chi connectivity index (χ3n) is 3.42. The number of hydrogen-bond acceptors (Lipinski definition) is 3. The molecule has 0 aromatic carbocycles. The van der Waals surface area contributed by atoms with Gasteiger partial charge < -0.3 is 10.2 Å². The van der Waals surface area contributed by atoms with Crippen LogP contribution in [0.4, 0.5) is 0 Å². The van der Waals surface area contributed by atoms with Gasteiger partial charge in [0.15, 0.2) is 0 Å². The zero-order chi connectivity index (χ0) is 13.0. The molecule has 0 radical (unpaired) electrons. The van der Waals surface area contributed by atoms with E-state index in [2.05, 4.69) is 16.8 Å². The summed E-state index contributed by atoms with van der Waals surface area (Å²) in [6.45, 7) is 7.58. The van der Waals surface area contributed by atoms with Crippen molar-refractivity contribution in [3.8, 4) is 0 Å². The Morgan fingerprint density at radius 3 is 2.44 bits per heavy atom. The Bertz CT molecular complexity index is 331. The number of amides is 2. The van der Waals surface area contributed by atoms with Crippen molar-refractivity contribution in [2.24, 2.45) is 5.92 Å². The molecule has 1 N–H and O–H groups in total. The van der Waals surface area contributed by atoms with Crippen molar-refractivity contribution in [1.29, 1.82) is 0 Å². The molecule has 0 aromatic rings. The molecule has 2 fully saturated rings. The second-order valence-corrected chi connectivity index (χ2v) is 4.97. The lowest BCUT2D eigenvalue weighted by Crippen LogP contribution is -2.51. The molecule has 0 unspecified atom stereocenters. The van der Waals surface area contributed by atoms with E-state index in [0.717, 1.165) is 39.0 Å². The summed E-state index contributed by atoms with van der Waals surface area (Å²) in [6.07, 6.45) is 3.79. The predicted molar refractivity (Wildman–Crippen MR) is 69.0 cm³/mol. The fourth-order valence-electron chi connectivity index (χ4n) is 2.16. The normalized spacial score (nSPS) is 20.6. The molecule has 0 aromatic heterocycles. The van der Waals surface area contributed by atoms with Crippen LogP contribution < -0.4 is 5.32 Å². The number of rotatable bonds is 5. The van der Waals surface area contributed by atoms with E-state index < -0.39 is 0 Å². The number of hydrogen-bond donors (Lipinski definition) is 1. The van der Waals surface area contributed by atoms with Crippen molar-refractivity contribution < 1.29 is 9.59 Å². The minimum Gasteiger partial charge on any atom is -0.352 e. The minimum atomic E-state index is 0.0249. The predicted octanol–water partition coefficient (Wildman–Crippen LogP) is -0.157. The van der Waals surface area contributed by atoms with E-state index in [-0.39, 0.29) is 5.91 Å². The molecule has 0 atom stereocenters. The van der Waals surface area contributed by atoms with Crippen LogP contribution in [0.3, 0.4) is 0 Å². The molecule has 5 heteroatoms. The molecular formula is C13H21N3O2. The largest absolute Gasteiger partial charge is 0.352 e. The Hall–Kier alpha value is -1.36. The van der Waals surface area contributed by atoms with E-state index in [1.54, 1.807) is 6.08 Å². The minimum absolute atomic E-state index is 0.0249. The molecule has 5 nitrogen and oxygen atoms in total. The summed E-state index contributed by atoms with van der Waals surface area (Å²) in [5, 5.41) is 2.76. The van der Waals surface area contributed by atoms with Crippen molar-refractivity contribution in [2.75, 3.05) is 39.3 Å². The van der Waals surface area contributed by atoms with Crippen molar-refractivity contribution in [3.63, 3.8) is 0 Å². The summed E-state index contributed by atoms with van der Waals surface area (Å²) in [5.74, 6) is 0.634. The molecular weight excluding hydrogens is 230 g/mol. The van der Waals surface area contributed by atoms with Crippen LogP contribution in [0.25, 0.3) is 0 Å². The van der Waals surface area contributed by atoms with Gasteiger partial charge in [0.25, 0.3) is 0 Å². The highest BCUT2D eigenvalue weighted by molar-refractivity contribution is 5.81. The van der Waals surface area contributed by atoms with Gasteiger partial charge in [-0.25, -0.2) is 0 Å². The zero-order valence-corrected chi connectivity index (χ0v) is 10.7. The van der Waals surface area contributed by atoms with Gasteiger partial charge in [-0.05, 0) is 12.8 Å². The quantitative estimate of drug-likeness (QED) is 0.691. The van der Waals surface area contributed by atoms with E-state index in [0.29, 0.717) is 24.9 Å². The van der Waals surface area contributed by atoms with Gasteiger partial charge in [-0.1, -0.05) is 6.08 Å². The van der Waals surface area contributed by atoms with E-state index in [9.17, 15) is 9.59 Å². The maximum absolute atomic E-state index is 11.8. The Kier molecular flexibility index (Phi) is 4.36. The Balaban J connectivity index is 1.67. The summed E-state index contributed by atoms with van der Waals surface area (Å²) in [4.78, 5) is 27.4. The molecule has 0 bridgehead atoms. The first-order chi connectivity index (χ1) is 8.70. The van der Waals surface area contributed by atoms with Gasteiger partial charge in [0.05, 0.1) is 6.54 Å². The van der Waals surface area contributed by atoms with Gasteiger partial charge in [0.2, 0.25) is 11.8 Å². The molecule has 2 rings (SSSR count). The highest BCUT2D eigenvalue weighted by atomic mass is 16.2. The highest BCUT2D eigenvalue weighted by Gasteiger charge is 2.34. The maximum Gasteiger partial charge on any atom is 0.234 e. The molecule has 100 valence electrons. The van der Waals surface area contributed by atoms with Gasteiger partial charge in [-0.15, -0.1) is 6.58 Å². The van der Waals surface area contributed by atoms with Crippen LogP contribution in [0, 0.1) is 5.92 Å². The van der Waals surface area contributed by atoms with E-state index in [1.807, 2.05) is 4.90 Å². The average molecular weight is 251 g/mol. The summed E-state index contributed by atoms with van der Waals surface area (Å²) in [6, 6.07) is 0. The van der Waals surface area contributed by atoms with Gasteiger partial charge >= 0.3 is 0 Å². The number of nitrogens with one attached hydrogen (secondary N) is 1. The molecule has 1 aliphatic heterocycles. The lowest BCUT2D eigenvalue weighted by atomic mass is 10.2. The van der Waals surface area contributed by atoms with E-state index >= 15 is 0 Å². The van der Waals surface area contributed by atoms with Gasteiger partial charge in [-0.3, -0.25) is 14.5 Å². The Morgan fingerprint density at radius 1 is 1.22 bits per heavy atom. The smallest absolute Gasteiger partial charge is 0.234 e. The number of piperazine rings is 1. The van der Waals surface area contributed by atoms with Crippen molar-refractivity contribution in [1.82, 2.24) is 15.1 Å². The lowest BCUT2D eigenvalue weighted by Gasteiger charge is -2.34. The highest BCUT2D eigenvalue weighted by Crippen LogP contribution is 2.31. The fraction of sp³-hybridized carbons (Fsp3) is 0.692. The lowest BCUT2D eigenvalue weighted by molar-refractivity contribution is -0.134. The Morgan fingerprint density at radius 2 is 1.89 bits per heavy atom. The molecule has 0 spiro atoms. The molecule has 2 amide bonds. The SMILES string of the molecule is C=CCNC(=O)CN1CCN(C(=O)C2CC2)CC1. The third kappa shape index (κ3) is 3.57. The van der Waals surface area contributed by atoms with Crippen LogP contribution in [0.5, 0.6) is 0 Å². The van der Waals surface area contributed by atoms with E-state index in [4.69, 9.17) is 0 Å². The van der Waals surface area contributed by atoms with E-state index in [1.165, 1.54) is 0 Å². The number of carbonyl (C=O) groups excluding carboxylic acids is 2. The van der Waals surface area contributed by atoms with Crippen LogP contribution in [-0.4, -0.2) is 60.9 Å². The van der Waals surface area contributed by atoms with Crippen molar-refractivity contribution in [3.05, 3.63) is 12.7 Å². The summed E-state index contributed by atoms with van der Waals surface area (Å²) < 4.78 is 0. The topological polar surface area (TPSA) is 52.7 Å². The first kappa shape index (κ1) is 13.1. The molecule has 2 aliphatic rings. The summed E-state index contributed by atoms with van der Waals surface area (Å²) in [5.41, 5.74) is 0. The fourth-order valence-corrected chi connectivity index (χ4v) is 2.16. The molecule has 1 aliphatic carbocycles. The molecule has 1 heterocycles. The first-order valence-corrected chi connectivity index (χ1v) is 6.59. The second kappa shape index (κ2) is 6.00. The van der Waals surface area contributed by atoms with Crippen LogP contribution >= 0.6 is 0 Å². The molecule has 1 saturated heterocycles. The summed E-state index contributed by atoms with van der Waals surface area (Å²) >= 11 is 0. The van der Waals surface area contributed by atoms with Gasteiger partial charge in [0.1, 0.15) is 0 Å². The summed E-state index contributed by atoms with van der Waals surface area (Å²) in [7, 11) is 0. The first-order valence-electron chi connectivity index (χ1n) is 6.59. The second-order valence-electron chi connectivity index (χ2n) is 4.97. The monoisotopic (exact) mass is 251 g/mol. The molecule has 1 saturated carbocycles. The maximum atomic E-state index is 11.8. The van der Waals surface area contributed by atoms with Crippen molar-refractivity contribution in [2.45, 2.75) is 12.8 Å². The van der Waals surface area contributed by atoms with Gasteiger partial charge in [-0.2, -0.15) is 0 Å².